The van der Waals surface area contributed by atoms with Gasteiger partial charge in [0.05, 0.1) is 19.4 Å². The summed E-state index contributed by atoms with van der Waals surface area (Å²) in [5.74, 6) is -0.743. The molecule has 2 amide bonds. The molecule has 12 heteroatoms. The molecule has 0 radical (unpaired) electrons. The Kier molecular flexibility index (Phi) is 10.3. The van der Waals surface area contributed by atoms with Gasteiger partial charge in [-0.2, -0.15) is 4.98 Å². The smallest absolute Gasteiger partial charge is 0.410 e. The quantitative estimate of drug-likeness (QED) is 0.427. The van der Waals surface area contributed by atoms with Gasteiger partial charge in [-0.1, -0.05) is 18.2 Å². The number of carboxylic acids is 1. The van der Waals surface area contributed by atoms with Crippen molar-refractivity contribution in [2.45, 2.75) is 65.1 Å². The van der Waals surface area contributed by atoms with Gasteiger partial charge in [0.25, 0.3) is 0 Å². The van der Waals surface area contributed by atoms with E-state index in [-0.39, 0.29) is 24.2 Å². The predicted molar refractivity (Wildman–Crippen MR) is 148 cm³/mol. The molecule has 2 heterocycles. The Morgan fingerprint density at radius 3 is 2.44 bits per heavy atom. The number of aliphatic carboxylic acids is 1. The summed E-state index contributed by atoms with van der Waals surface area (Å²) < 4.78 is 11.3. The normalized spacial score (nSPS) is 19.5. The number of hydrogen-bond acceptors (Lipinski definition) is 9. The molecule has 1 aromatic heterocycles. The lowest BCUT2D eigenvalue weighted by atomic mass is 9.88. The Morgan fingerprint density at radius 1 is 1.21 bits per heavy atom. The van der Waals surface area contributed by atoms with E-state index in [1.54, 1.807) is 23.2 Å². The van der Waals surface area contributed by atoms with Crippen LogP contribution >= 0.6 is 0 Å². The van der Waals surface area contributed by atoms with Gasteiger partial charge >= 0.3 is 12.1 Å². The topological polar surface area (TPSA) is 137 Å². The summed E-state index contributed by atoms with van der Waals surface area (Å²) >= 11 is 0. The molecule has 1 aliphatic heterocycles. The van der Waals surface area contributed by atoms with Crippen molar-refractivity contribution in [1.82, 2.24) is 14.9 Å². The van der Waals surface area contributed by atoms with E-state index in [2.05, 4.69) is 15.3 Å². The summed E-state index contributed by atoms with van der Waals surface area (Å²) in [5, 5.41) is 13.3. The number of nitrogens with zero attached hydrogens (tertiary/aromatic N) is 5. The number of anilines is 3. The Hall–Kier alpha value is -3.67. The fraction of sp³-hybridized carbons (Fsp3) is 0.593. The lowest BCUT2D eigenvalue weighted by molar-refractivity contribution is -0.139. The molecule has 2 N–H and O–H groups in total. The highest BCUT2D eigenvalue weighted by Gasteiger charge is 2.39. The van der Waals surface area contributed by atoms with Gasteiger partial charge in [0.15, 0.2) is 5.82 Å². The first kappa shape index (κ1) is 29.9. The van der Waals surface area contributed by atoms with Crippen molar-refractivity contribution in [1.29, 1.82) is 0 Å². The third-order valence-electron chi connectivity index (χ3n) is 6.75. The number of carbonyl (C=O) groups excluding carboxylic acids is 2. The molecule has 3 rings (SSSR count). The number of allylic oxidation sites excluding steroid dienone is 2. The molecular weight excluding hydrogens is 504 g/mol. The predicted octanol–water partition coefficient (Wildman–Crippen LogP) is 3.06. The Morgan fingerprint density at radius 2 is 1.90 bits per heavy atom. The average Bonchev–Trinajstić information content (AvgIpc) is 2.90. The number of carbonyl (C=O) groups is 3. The van der Waals surface area contributed by atoms with Crippen LogP contribution in [0.1, 0.15) is 47.5 Å². The number of hydrogen-bond donors (Lipinski definition) is 2. The molecule has 1 saturated heterocycles. The number of nitrogens with one attached hydrogen (secondary N) is 1. The van der Waals surface area contributed by atoms with Crippen molar-refractivity contribution in [2.75, 3.05) is 54.5 Å². The monoisotopic (exact) mass is 544 g/mol. The van der Waals surface area contributed by atoms with Crippen molar-refractivity contribution < 1.29 is 29.0 Å². The van der Waals surface area contributed by atoms with Crippen molar-refractivity contribution >= 4 is 35.4 Å². The van der Waals surface area contributed by atoms with Gasteiger partial charge in [-0.3, -0.25) is 4.79 Å². The highest BCUT2D eigenvalue weighted by molar-refractivity contribution is 5.95. The van der Waals surface area contributed by atoms with Crippen LogP contribution in [0.25, 0.3) is 0 Å². The van der Waals surface area contributed by atoms with Gasteiger partial charge < -0.3 is 34.6 Å². The minimum atomic E-state index is -1.20. The van der Waals surface area contributed by atoms with Gasteiger partial charge in [0, 0.05) is 52.0 Å². The molecule has 1 aromatic rings. The third-order valence-corrected chi connectivity index (χ3v) is 6.75. The molecule has 1 unspecified atom stereocenters. The van der Waals surface area contributed by atoms with E-state index in [4.69, 9.17) is 9.47 Å². The maximum absolute atomic E-state index is 13.0. The molecule has 2 aliphatic rings. The lowest BCUT2D eigenvalue weighted by Crippen LogP contribution is -2.48. The van der Waals surface area contributed by atoms with E-state index in [0.29, 0.717) is 57.4 Å². The minimum absolute atomic E-state index is 0.0644. The van der Waals surface area contributed by atoms with E-state index < -0.39 is 23.7 Å². The van der Waals surface area contributed by atoms with Crippen LogP contribution < -0.4 is 15.1 Å². The van der Waals surface area contributed by atoms with Crippen LogP contribution in [0.4, 0.5) is 22.2 Å². The molecule has 0 saturated carbocycles. The standard InChI is InChI=1S/C27H40N6O6/c1-6-31(7-2)25-28-18-22(33(19(3)4)20(5)34)23(30-25)29-21(24(35)36)17-27(11-9-8-10-12-27)39-26(37)32-13-15-38-16-14-32/h8-11,18-19,21H,6-7,12-17H2,1-5H3,(H,35,36)(H,28,29,30)/t21-,27?/m0/s1. The van der Waals surface area contributed by atoms with Gasteiger partial charge in [-0.15, -0.1) is 0 Å². The van der Waals surface area contributed by atoms with Gasteiger partial charge in [0.1, 0.15) is 17.3 Å². The van der Waals surface area contributed by atoms with E-state index in [0.717, 1.165) is 0 Å². The molecular formula is C27H40N6O6. The van der Waals surface area contributed by atoms with E-state index >= 15 is 0 Å². The van der Waals surface area contributed by atoms with Crippen LogP contribution in [-0.2, 0) is 19.1 Å². The largest absolute Gasteiger partial charge is 0.480 e. The summed E-state index contributed by atoms with van der Waals surface area (Å²) in [7, 11) is 0. The van der Waals surface area contributed by atoms with Crippen LogP contribution in [0.15, 0.2) is 30.5 Å². The first-order chi connectivity index (χ1) is 18.6. The molecule has 0 aromatic carbocycles. The number of ether oxygens (including phenoxy) is 2. The van der Waals surface area contributed by atoms with Crippen LogP contribution in [0, 0.1) is 0 Å². The highest BCUT2D eigenvalue weighted by Crippen LogP contribution is 2.33. The van der Waals surface area contributed by atoms with Gasteiger partial charge in [-0.05, 0) is 33.8 Å². The van der Waals surface area contributed by atoms with Crippen molar-refractivity contribution in [3.63, 3.8) is 0 Å². The summed E-state index contributed by atoms with van der Waals surface area (Å²) in [4.78, 5) is 52.3. The maximum atomic E-state index is 13.0. The first-order valence-corrected chi connectivity index (χ1v) is 13.4. The zero-order valence-corrected chi connectivity index (χ0v) is 23.4. The minimum Gasteiger partial charge on any atom is -0.480 e. The zero-order valence-electron chi connectivity index (χ0n) is 23.4. The van der Waals surface area contributed by atoms with E-state index in [1.165, 1.54) is 11.8 Å². The second-order valence-corrected chi connectivity index (χ2v) is 9.82. The second kappa shape index (κ2) is 13.4. The Balaban J connectivity index is 1.97. The summed E-state index contributed by atoms with van der Waals surface area (Å²) in [6, 6.07) is -1.42. The van der Waals surface area contributed by atoms with Crippen LogP contribution in [-0.4, -0.2) is 95.0 Å². The molecule has 0 bridgehead atoms. The maximum Gasteiger partial charge on any atom is 0.410 e. The summed E-state index contributed by atoms with van der Waals surface area (Å²) in [6.45, 7) is 12.1. The average molecular weight is 545 g/mol. The molecule has 1 aliphatic carbocycles. The SMILES string of the molecule is CCN(CC)c1ncc(N(C(C)=O)C(C)C)c(N[C@@H](CC2(OC(=O)N3CCOCC3)C=CC=CC2)C(=O)O)n1. The van der Waals surface area contributed by atoms with Crippen LogP contribution in [0.5, 0.6) is 0 Å². The van der Waals surface area contributed by atoms with Crippen LogP contribution in [0.2, 0.25) is 0 Å². The number of aromatic nitrogens is 2. The van der Waals surface area contributed by atoms with Crippen molar-refractivity contribution in [3.05, 3.63) is 30.5 Å². The fourth-order valence-electron chi connectivity index (χ4n) is 4.73. The molecule has 12 nitrogen and oxygen atoms in total. The van der Waals surface area contributed by atoms with E-state index in [1.807, 2.05) is 44.7 Å². The molecule has 2 atom stereocenters. The Bertz CT molecular complexity index is 1080. The number of carboxylic acid groups (broad SMARTS) is 1. The lowest BCUT2D eigenvalue weighted by Gasteiger charge is -2.37. The van der Waals surface area contributed by atoms with Gasteiger partial charge in [0.2, 0.25) is 11.9 Å². The molecule has 214 valence electrons. The Labute approximate surface area is 229 Å². The molecule has 1 fully saturated rings. The number of morpholine rings is 1. The van der Waals surface area contributed by atoms with Crippen molar-refractivity contribution in [2.24, 2.45) is 0 Å². The number of amides is 2. The van der Waals surface area contributed by atoms with Crippen molar-refractivity contribution in [3.8, 4) is 0 Å². The van der Waals surface area contributed by atoms with Gasteiger partial charge in [-0.25, -0.2) is 14.6 Å². The second-order valence-electron chi connectivity index (χ2n) is 9.82. The fourth-order valence-corrected chi connectivity index (χ4v) is 4.73. The first-order valence-electron chi connectivity index (χ1n) is 13.4. The zero-order chi connectivity index (χ0) is 28.6. The highest BCUT2D eigenvalue weighted by atomic mass is 16.6. The third kappa shape index (κ3) is 7.47. The van der Waals surface area contributed by atoms with Crippen LogP contribution in [0.3, 0.4) is 0 Å². The van der Waals surface area contributed by atoms with E-state index in [9.17, 15) is 19.5 Å². The summed E-state index contributed by atoms with van der Waals surface area (Å²) in [5.41, 5.74) is -0.814. The molecule has 0 spiro atoms. The number of rotatable bonds is 11. The summed E-state index contributed by atoms with van der Waals surface area (Å²) in [6.07, 6.45) is 8.42. The molecule has 39 heavy (non-hydrogen) atoms.